The largest absolute Gasteiger partial charge is 0.573 e. The van der Waals surface area contributed by atoms with Crippen LogP contribution in [0.3, 0.4) is 0 Å². The molecule has 0 atom stereocenters. The average Bonchev–Trinajstić information content (AvgIpc) is 2.31. The number of hydrogen-bond acceptors (Lipinski definition) is 4. The van der Waals surface area contributed by atoms with E-state index < -0.39 is 42.3 Å². The van der Waals surface area contributed by atoms with Crippen LogP contribution in [-0.2, 0) is 22.6 Å². The first-order chi connectivity index (χ1) is 8.78. The van der Waals surface area contributed by atoms with Crippen molar-refractivity contribution in [2.24, 2.45) is 0 Å². The summed E-state index contributed by atoms with van der Waals surface area (Å²) in [5.74, 6) is -1.87. The number of hydrogen-bond donors (Lipinski definition) is 1. The molecule has 0 radical (unpaired) electrons. The molecule has 9 heteroatoms. The molecule has 0 saturated carbocycles. The van der Waals surface area contributed by atoms with Crippen LogP contribution in [0.2, 0.25) is 0 Å². The van der Waals surface area contributed by atoms with Crippen molar-refractivity contribution < 1.29 is 31.8 Å². The lowest BCUT2D eigenvalue weighted by atomic mass is 10.1. The lowest BCUT2D eigenvalue weighted by Gasteiger charge is -2.14. The normalized spacial score (nSPS) is 11.2. The Hall–Kier alpha value is -2.06. The third-order valence-corrected chi connectivity index (χ3v) is 2.13. The highest BCUT2D eigenvalue weighted by Gasteiger charge is 2.34. The Labute approximate surface area is 104 Å². The third-order valence-electron chi connectivity index (χ3n) is 2.13. The number of pyridine rings is 1. The minimum atomic E-state index is -5.11. The highest BCUT2D eigenvalue weighted by atomic mass is 19.4. The molecule has 0 aliphatic rings. The van der Waals surface area contributed by atoms with Crippen LogP contribution in [0.4, 0.5) is 17.6 Å². The Balaban J connectivity index is 3.30. The van der Waals surface area contributed by atoms with Crippen molar-refractivity contribution in [1.82, 2.24) is 4.98 Å². The van der Waals surface area contributed by atoms with E-state index in [1.54, 1.807) is 0 Å². The van der Waals surface area contributed by atoms with Crippen LogP contribution >= 0.6 is 0 Å². The number of carbonyl (C=O) groups is 1. The van der Waals surface area contributed by atoms with Gasteiger partial charge >= 0.3 is 12.3 Å². The summed E-state index contributed by atoms with van der Waals surface area (Å²) in [5.41, 5.74) is -2.22. The summed E-state index contributed by atoms with van der Waals surface area (Å²) in [6.07, 6.45) is -4.85. The van der Waals surface area contributed by atoms with Crippen LogP contribution in [0.5, 0.6) is 5.75 Å². The summed E-state index contributed by atoms with van der Waals surface area (Å²) in [5, 5.41) is 0. The molecule has 1 aromatic heterocycles. The SMILES string of the molecule is COC(=O)Cc1c[nH]c(=O)c(CF)c1OC(F)(F)F. The molecule has 1 aromatic rings. The Morgan fingerprint density at radius 1 is 1.42 bits per heavy atom. The number of nitrogens with one attached hydrogen (secondary N) is 1. The van der Waals surface area contributed by atoms with E-state index in [0.29, 0.717) is 0 Å². The minimum Gasteiger partial charge on any atom is -0.469 e. The van der Waals surface area contributed by atoms with Gasteiger partial charge in [-0.15, -0.1) is 13.2 Å². The van der Waals surface area contributed by atoms with Crippen molar-refractivity contribution in [3.05, 3.63) is 27.7 Å². The van der Waals surface area contributed by atoms with Crippen LogP contribution in [0.1, 0.15) is 11.1 Å². The molecule has 0 saturated heterocycles. The summed E-state index contributed by atoms with van der Waals surface area (Å²) in [6.45, 7) is -1.46. The first-order valence-corrected chi connectivity index (χ1v) is 4.90. The van der Waals surface area contributed by atoms with E-state index in [-0.39, 0.29) is 5.56 Å². The number of ether oxygens (including phenoxy) is 2. The lowest BCUT2D eigenvalue weighted by molar-refractivity contribution is -0.275. The molecule has 0 aliphatic carbocycles. The van der Waals surface area contributed by atoms with Crippen LogP contribution < -0.4 is 10.3 Å². The van der Waals surface area contributed by atoms with Gasteiger partial charge in [-0.3, -0.25) is 9.59 Å². The quantitative estimate of drug-likeness (QED) is 0.671. The maximum absolute atomic E-state index is 12.6. The smallest absolute Gasteiger partial charge is 0.469 e. The number of halogens is 4. The van der Waals surface area contributed by atoms with E-state index in [4.69, 9.17) is 0 Å². The van der Waals surface area contributed by atoms with E-state index in [0.717, 1.165) is 13.3 Å². The molecule has 5 nitrogen and oxygen atoms in total. The highest BCUT2D eigenvalue weighted by molar-refractivity contribution is 5.73. The Morgan fingerprint density at radius 3 is 2.53 bits per heavy atom. The predicted octanol–water partition coefficient (Wildman–Crippen LogP) is 1.46. The summed E-state index contributed by atoms with van der Waals surface area (Å²) in [4.78, 5) is 24.3. The fourth-order valence-corrected chi connectivity index (χ4v) is 1.33. The molecule has 19 heavy (non-hydrogen) atoms. The maximum atomic E-state index is 12.6. The Bertz CT molecular complexity index is 523. The van der Waals surface area contributed by atoms with Crippen molar-refractivity contribution in [2.75, 3.05) is 7.11 Å². The maximum Gasteiger partial charge on any atom is 0.573 e. The van der Waals surface area contributed by atoms with Gasteiger partial charge in [-0.1, -0.05) is 0 Å². The van der Waals surface area contributed by atoms with Gasteiger partial charge < -0.3 is 14.5 Å². The van der Waals surface area contributed by atoms with Gasteiger partial charge in [-0.05, 0) is 0 Å². The summed E-state index contributed by atoms with van der Waals surface area (Å²) in [7, 11) is 1.04. The number of esters is 1. The molecule has 0 amide bonds. The zero-order valence-corrected chi connectivity index (χ0v) is 9.64. The zero-order chi connectivity index (χ0) is 14.6. The van der Waals surface area contributed by atoms with Crippen molar-refractivity contribution in [1.29, 1.82) is 0 Å². The number of aromatic nitrogens is 1. The van der Waals surface area contributed by atoms with Crippen LogP contribution in [0.25, 0.3) is 0 Å². The Kier molecular flexibility index (Phi) is 4.52. The van der Waals surface area contributed by atoms with Gasteiger partial charge in [-0.25, -0.2) is 4.39 Å². The molecule has 0 fully saturated rings. The molecule has 0 spiro atoms. The average molecular weight is 283 g/mol. The van der Waals surface area contributed by atoms with Gasteiger partial charge in [0.1, 0.15) is 12.4 Å². The predicted molar refractivity (Wildman–Crippen MR) is 54.3 cm³/mol. The number of rotatable bonds is 4. The highest BCUT2D eigenvalue weighted by Crippen LogP contribution is 2.29. The molecular formula is C10H9F4NO4. The molecule has 106 valence electrons. The lowest BCUT2D eigenvalue weighted by Crippen LogP contribution is -2.24. The molecule has 1 N–H and O–H groups in total. The first kappa shape index (κ1) is 15.0. The number of carbonyl (C=O) groups excluding carboxylic acids is 1. The number of aromatic amines is 1. The van der Waals surface area contributed by atoms with Crippen molar-refractivity contribution in [3.8, 4) is 5.75 Å². The summed E-state index contributed by atoms with van der Waals surface area (Å²) < 4.78 is 57.2. The van der Waals surface area contributed by atoms with E-state index in [2.05, 4.69) is 9.47 Å². The monoisotopic (exact) mass is 283 g/mol. The van der Waals surface area contributed by atoms with Crippen molar-refractivity contribution in [3.63, 3.8) is 0 Å². The van der Waals surface area contributed by atoms with Gasteiger partial charge in [0.05, 0.1) is 19.1 Å². The van der Waals surface area contributed by atoms with Crippen LogP contribution in [0.15, 0.2) is 11.0 Å². The van der Waals surface area contributed by atoms with E-state index >= 15 is 0 Å². The summed E-state index contributed by atoms with van der Waals surface area (Å²) >= 11 is 0. The van der Waals surface area contributed by atoms with Crippen molar-refractivity contribution in [2.45, 2.75) is 19.5 Å². The number of alkyl halides is 4. The van der Waals surface area contributed by atoms with Gasteiger partial charge in [0.15, 0.2) is 0 Å². The second kappa shape index (κ2) is 5.72. The fraction of sp³-hybridized carbons (Fsp3) is 0.400. The van der Waals surface area contributed by atoms with Gasteiger partial charge in [0.25, 0.3) is 5.56 Å². The topological polar surface area (TPSA) is 68.4 Å². The molecule has 1 rings (SSSR count). The summed E-state index contributed by atoms with van der Waals surface area (Å²) in [6, 6.07) is 0. The Morgan fingerprint density at radius 2 is 2.05 bits per heavy atom. The van der Waals surface area contributed by atoms with E-state index in [1.165, 1.54) is 0 Å². The number of H-pyrrole nitrogens is 1. The molecule has 0 bridgehead atoms. The fourth-order valence-electron chi connectivity index (χ4n) is 1.33. The molecule has 0 aliphatic heterocycles. The van der Waals surface area contributed by atoms with Gasteiger partial charge in [0.2, 0.25) is 0 Å². The first-order valence-electron chi connectivity index (χ1n) is 4.90. The molecule has 1 heterocycles. The van der Waals surface area contributed by atoms with E-state index in [9.17, 15) is 27.2 Å². The second-order valence-electron chi connectivity index (χ2n) is 3.39. The van der Waals surface area contributed by atoms with Crippen LogP contribution in [-0.4, -0.2) is 24.4 Å². The second-order valence-corrected chi connectivity index (χ2v) is 3.39. The van der Waals surface area contributed by atoms with E-state index in [1.807, 2.05) is 4.98 Å². The van der Waals surface area contributed by atoms with Crippen molar-refractivity contribution >= 4 is 5.97 Å². The third kappa shape index (κ3) is 3.97. The molecule has 0 aromatic carbocycles. The zero-order valence-electron chi connectivity index (χ0n) is 9.64. The van der Waals surface area contributed by atoms with Crippen LogP contribution in [0, 0.1) is 0 Å². The van der Waals surface area contributed by atoms with Gasteiger partial charge in [0, 0.05) is 11.8 Å². The molecular weight excluding hydrogens is 274 g/mol. The number of methoxy groups -OCH3 is 1. The van der Waals surface area contributed by atoms with Gasteiger partial charge in [-0.2, -0.15) is 0 Å². The molecule has 0 unspecified atom stereocenters. The standard InChI is InChI=1S/C10H9F4NO4/c1-18-7(16)2-5-4-15-9(17)6(3-11)8(5)19-10(12,13)14/h4H,2-3H2,1H3,(H,15,17). The minimum absolute atomic E-state index is 0.323.